The fraction of sp³-hybridized carbons (Fsp3) is 0.227. The van der Waals surface area contributed by atoms with Crippen LogP contribution in [0.15, 0.2) is 67.0 Å². The highest BCUT2D eigenvalue weighted by Gasteiger charge is 2.24. The average Bonchev–Trinajstić information content (AvgIpc) is 2.79. The van der Waals surface area contributed by atoms with Crippen molar-refractivity contribution in [2.24, 2.45) is 0 Å². The molecule has 0 atom stereocenters. The molecule has 0 bridgehead atoms. The van der Waals surface area contributed by atoms with Crippen LogP contribution in [0.5, 0.6) is 0 Å². The molecule has 1 amide bonds. The van der Waals surface area contributed by atoms with Gasteiger partial charge >= 0.3 is 0 Å². The predicted octanol–water partition coefficient (Wildman–Crippen LogP) is 3.35. The standard InChI is InChI=1S/C22H22FN5O/c1-26(17-7-3-2-4-8-17)21-15-19(24-16-25-21)22(29)28-13-11-27(12-14-28)20-10-6-5-9-18(20)23/h2-10,15-16H,11-14H2,1H3. The molecule has 7 heteroatoms. The Morgan fingerprint density at radius 2 is 1.66 bits per heavy atom. The molecule has 0 unspecified atom stereocenters. The van der Waals surface area contributed by atoms with Gasteiger partial charge in [-0.2, -0.15) is 0 Å². The Kier molecular flexibility index (Phi) is 5.37. The summed E-state index contributed by atoms with van der Waals surface area (Å²) in [6.45, 7) is 2.19. The summed E-state index contributed by atoms with van der Waals surface area (Å²) in [5, 5.41) is 0. The van der Waals surface area contributed by atoms with E-state index < -0.39 is 0 Å². The van der Waals surface area contributed by atoms with Gasteiger partial charge in [-0.05, 0) is 24.3 Å². The van der Waals surface area contributed by atoms with Crippen LogP contribution >= 0.6 is 0 Å². The summed E-state index contributed by atoms with van der Waals surface area (Å²) in [6.07, 6.45) is 1.41. The lowest BCUT2D eigenvalue weighted by Crippen LogP contribution is -2.49. The summed E-state index contributed by atoms with van der Waals surface area (Å²) >= 11 is 0. The van der Waals surface area contributed by atoms with Crippen molar-refractivity contribution in [1.82, 2.24) is 14.9 Å². The number of hydrogen-bond acceptors (Lipinski definition) is 5. The van der Waals surface area contributed by atoms with Crippen LogP contribution in [0.25, 0.3) is 0 Å². The number of benzene rings is 2. The summed E-state index contributed by atoms with van der Waals surface area (Å²) in [5.74, 6) is 0.277. The van der Waals surface area contributed by atoms with Crippen molar-refractivity contribution in [1.29, 1.82) is 0 Å². The maximum Gasteiger partial charge on any atom is 0.272 e. The lowest BCUT2D eigenvalue weighted by molar-refractivity contribution is 0.0740. The first kappa shape index (κ1) is 18.9. The molecule has 6 nitrogen and oxygen atoms in total. The van der Waals surface area contributed by atoms with E-state index in [9.17, 15) is 9.18 Å². The maximum atomic E-state index is 14.0. The normalized spacial score (nSPS) is 14.0. The number of carbonyl (C=O) groups is 1. The van der Waals surface area contributed by atoms with Gasteiger partial charge in [-0.15, -0.1) is 0 Å². The fourth-order valence-corrected chi connectivity index (χ4v) is 3.45. The van der Waals surface area contributed by atoms with Gasteiger partial charge in [-0.25, -0.2) is 14.4 Å². The molecular weight excluding hydrogens is 369 g/mol. The SMILES string of the molecule is CN(c1ccccc1)c1cc(C(=O)N2CCN(c3ccccc3F)CC2)ncn1. The zero-order valence-corrected chi connectivity index (χ0v) is 16.2. The highest BCUT2D eigenvalue weighted by Crippen LogP contribution is 2.23. The molecule has 0 spiro atoms. The van der Waals surface area contributed by atoms with Gasteiger partial charge in [0.25, 0.3) is 5.91 Å². The topological polar surface area (TPSA) is 52.6 Å². The van der Waals surface area contributed by atoms with E-state index in [1.807, 2.05) is 53.2 Å². The Labute approximate surface area is 169 Å². The lowest BCUT2D eigenvalue weighted by Gasteiger charge is -2.36. The summed E-state index contributed by atoms with van der Waals surface area (Å²) in [7, 11) is 1.90. The van der Waals surface area contributed by atoms with Crippen LogP contribution in [0.2, 0.25) is 0 Å². The highest BCUT2D eigenvalue weighted by atomic mass is 19.1. The third-order valence-electron chi connectivity index (χ3n) is 5.12. The molecule has 0 saturated carbocycles. The third-order valence-corrected chi connectivity index (χ3v) is 5.12. The minimum atomic E-state index is -0.239. The molecule has 2 heterocycles. The number of halogens is 1. The van der Waals surface area contributed by atoms with Gasteiger partial charge in [0.2, 0.25) is 0 Å². The lowest BCUT2D eigenvalue weighted by atomic mass is 10.2. The van der Waals surface area contributed by atoms with E-state index >= 15 is 0 Å². The van der Waals surface area contributed by atoms with Gasteiger partial charge in [-0.1, -0.05) is 30.3 Å². The van der Waals surface area contributed by atoms with Crippen molar-refractivity contribution in [2.45, 2.75) is 0 Å². The molecule has 1 saturated heterocycles. The highest BCUT2D eigenvalue weighted by molar-refractivity contribution is 5.93. The van der Waals surface area contributed by atoms with Crippen LogP contribution in [0.4, 0.5) is 21.6 Å². The molecular formula is C22H22FN5O. The van der Waals surface area contributed by atoms with Crippen LogP contribution < -0.4 is 9.80 Å². The molecule has 1 aromatic heterocycles. The maximum absolute atomic E-state index is 14.0. The number of para-hydroxylation sites is 2. The molecule has 0 N–H and O–H groups in total. The van der Waals surface area contributed by atoms with Crippen LogP contribution in [-0.2, 0) is 0 Å². The van der Waals surface area contributed by atoms with Crippen molar-refractivity contribution in [3.8, 4) is 0 Å². The smallest absolute Gasteiger partial charge is 0.272 e. The zero-order chi connectivity index (χ0) is 20.2. The van der Waals surface area contributed by atoms with E-state index in [1.54, 1.807) is 23.1 Å². The third kappa shape index (κ3) is 4.03. The number of hydrogen-bond donors (Lipinski definition) is 0. The largest absolute Gasteiger partial charge is 0.366 e. The number of nitrogens with zero attached hydrogens (tertiary/aromatic N) is 5. The summed E-state index contributed by atoms with van der Waals surface area (Å²) < 4.78 is 14.0. The van der Waals surface area contributed by atoms with Crippen molar-refractivity contribution >= 4 is 23.1 Å². The average molecular weight is 391 g/mol. The molecule has 2 aromatic carbocycles. The molecule has 0 radical (unpaired) electrons. The Bertz CT molecular complexity index is 989. The Morgan fingerprint density at radius 1 is 0.966 bits per heavy atom. The molecule has 4 rings (SSSR count). The predicted molar refractivity (Wildman–Crippen MR) is 111 cm³/mol. The van der Waals surface area contributed by atoms with Crippen molar-refractivity contribution in [3.63, 3.8) is 0 Å². The molecule has 3 aromatic rings. The summed E-state index contributed by atoms with van der Waals surface area (Å²) in [5.41, 5.74) is 1.91. The molecule has 1 fully saturated rings. The van der Waals surface area contributed by atoms with Crippen molar-refractivity contribution in [3.05, 3.63) is 78.5 Å². The number of rotatable bonds is 4. The summed E-state index contributed by atoms with van der Waals surface area (Å²) in [6, 6.07) is 18.2. The zero-order valence-electron chi connectivity index (χ0n) is 16.2. The Hall–Kier alpha value is -3.48. The van der Waals surface area contributed by atoms with E-state index in [0.29, 0.717) is 43.4 Å². The molecule has 0 aliphatic carbocycles. The second-order valence-corrected chi connectivity index (χ2v) is 6.89. The monoisotopic (exact) mass is 391 g/mol. The second-order valence-electron chi connectivity index (χ2n) is 6.89. The van der Waals surface area contributed by atoms with Gasteiger partial charge in [0, 0.05) is 45.0 Å². The fourth-order valence-electron chi connectivity index (χ4n) is 3.45. The van der Waals surface area contributed by atoms with E-state index in [0.717, 1.165) is 5.69 Å². The Balaban J connectivity index is 1.45. The number of carbonyl (C=O) groups excluding carboxylic acids is 1. The van der Waals surface area contributed by atoms with E-state index in [2.05, 4.69) is 9.97 Å². The molecule has 1 aliphatic rings. The van der Waals surface area contributed by atoms with E-state index in [-0.39, 0.29) is 11.7 Å². The first-order chi connectivity index (χ1) is 14.1. The minimum absolute atomic E-state index is 0.136. The van der Waals surface area contributed by atoms with Crippen LogP contribution in [0, 0.1) is 5.82 Å². The molecule has 29 heavy (non-hydrogen) atoms. The first-order valence-electron chi connectivity index (χ1n) is 9.53. The van der Waals surface area contributed by atoms with Gasteiger partial charge in [0.05, 0.1) is 5.69 Å². The molecule has 148 valence electrons. The van der Waals surface area contributed by atoms with E-state index in [4.69, 9.17) is 0 Å². The minimum Gasteiger partial charge on any atom is -0.366 e. The van der Waals surface area contributed by atoms with Gasteiger partial charge < -0.3 is 14.7 Å². The van der Waals surface area contributed by atoms with Gasteiger partial charge in [0.1, 0.15) is 23.7 Å². The Morgan fingerprint density at radius 3 is 2.38 bits per heavy atom. The summed E-state index contributed by atoms with van der Waals surface area (Å²) in [4.78, 5) is 27.1. The van der Waals surface area contributed by atoms with Crippen LogP contribution in [0.1, 0.15) is 10.5 Å². The van der Waals surface area contributed by atoms with Crippen molar-refractivity contribution in [2.75, 3.05) is 43.0 Å². The number of aromatic nitrogens is 2. The van der Waals surface area contributed by atoms with Crippen LogP contribution in [0.3, 0.4) is 0 Å². The quantitative estimate of drug-likeness (QED) is 0.683. The number of piperazine rings is 1. The second kappa shape index (κ2) is 8.26. The number of anilines is 3. The van der Waals surface area contributed by atoms with Gasteiger partial charge in [-0.3, -0.25) is 4.79 Å². The first-order valence-corrected chi connectivity index (χ1v) is 9.53. The van der Waals surface area contributed by atoms with E-state index in [1.165, 1.54) is 12.4 Å². The number of amides is 1. The van der Waals surface area contributed by atoms with Crippen molar-refractivity contribution < 1.29 is 9.18 Å². The molecule has 1 aliphatic heterocycles. The van der Waals surface area contributed by atoms with Gasteiger partial charge in [0.15, 0.2) is 0 Å². The van der Waals surface area contributed by atoms with Crippen LogP contribution in [-0.4, -0.2) is 54.0 Å².